The minimum atomic E-state index is -0.247. The molecule has 0 fully saturated rings. The number of hydrogen-bond donors (Lipinski definition) is 1. The summed E-state index contributed by atoms with van der Waals surface area (Å²) < 4.78 is 0.809. The highest BCUT2D eigenvalue weighted by molar-refractivity contribution is 9.10. The van der Waals surface area contributed by atoms with Gasteiger partial charge in [0.1, 0.15) is 5.69 Å². The van der Waals surface area contributed by atoms with Crippen molar-refractivity contribution in [1.82, 2.24) is 15.2 Å². The number of aromatic nitrogens is 1. The highest BCUT2D eigenvalue weighted by Crippen LogP contribution is 2.09. The second-order valence-corrected chi connectivity index (χ2v) is 4.27. The molecule has 0 aromatic carbocycles. The van der Waals surface area contributed by atoms with Gasteiger partial charge in [0.05, 0.1) is 6.54 Å². The van der Waals surface area contributed by atoms with Crippen molar-refractivity contribution in [2.24, 2.45) is 0 Å². The Morgan fingerprint density at radius 2 is 2.18 bits per heavy atom. The monoisotopic (exact) mass is 299 g/mol. The van der Waals surface area contributed by atoms with Crippen molar-refractivity contribution in [3.63, 3.8) is 0 Å². The summed E-state index contributed by atoms with van der Waals surface area (Å²) in [6.07, 6.45) is 1.56. The van der Waals surface area contributed by atoms with Gasteiger partial charge in [0.25, 0.3) is 5.91 Å². The molecule has 1 rings (SSSR count). The molecule has 0 spiro atoms. The van der Waals surface area contributed by atoms with Crippen LogP contribution in [0, 0.1) is 0 Å². The average Bonchev–Trinajstić information content (AvgIpc) is 2.35. The first-order chi connectivity index (χ1) is 8.08. The summed E-state index contributed by atoms with van der Waals surface area (Å²) in [7, 11) is 1.54. The predicted octanol–water partition coefficient (Wildman–Crippen LogP) is 1.05. The standard InChI is InChI=1S/C11H14BrN3O2/c1-3-15(7-10(16)13-2)11(17)9-5-4-8(12)6-14-9/h4-6H,3,7H2,1-2H3,(H,13,16). The molecule has 0 saturated carbocycles. The number of rotatable bonds is 4. The number of pyridine rings is 1. The maximum atomic E-state index is 12.0. The number of nitrogens with one attached hydrogen (secondary N) is 1. The van der Waals surface area contributed by atoms with Gasteiger partial charge in [0.2, 0.25) is 5.91 Å². The Balaban J connectivity index is 2.78. The number of carbonyl (C=O) groups excluding carboxylic acids is 2. The molecule has 1 aromatic rings. The van der Waals surface area contributed by atoms with E-state index < -0.39 is 0 Å². The first-order valence-corrected chi connectivity index (χ1v) is 5.99. The van der Waals surface area contributed by atoms with Crippen LogP contribution >= 0.6 is 15.9 Å². The molecule has 0 atom stereocenters. The van der Waals surface area contributed by atoms with Crippen LogP contribution in [0.4, 0.5) is 0 Å². The average molecular weight is 300 g/mol. The topological polar surface area (TPSA) is 62.3 Å². The third-order valence-corrected chi connectivity index (χ3v) is 2.70. The summed E-state index contributed by atoms with van der Waals surface area (Å²) in [4.78, 5) is 28.7. The van der Waals surface area contributed by atoms with Gasteiger partial charge in [-0.15, -0.1) is 0 Å². The van der Waals surface area contributed by atoms with Crippen molar-refractivity contribution < 1.29 is 9.59 Å². The molecule has 5 nitrogen and oxygen atoms in total. The largest absolute Gasteiger partial charge is 0.358 e. The van der Waals surface area contributed by atoms with Crippen LogP contribution in [0.3, 0.4) is 0 Å². The first kappa shape index (κ1) is 13.6. The lowest BCUT2D eigenvalue weighted by molar-refractivity contribution is -0.121. The van der Waals surface area contributed by atoms with E-state index in [9.17, 15) is 9.59 Å². The van der Waals surface area contributed by atoms with E-state index in [2.05, 4.69) is 26.2 Å². The van der Waals surface area contributed by atoms with Gasteiger partial charge < -0.3 is 10.2 Å². The summed E-state index contributed by atoms with van der Waals surface area (Å²) >= 11 is 3.25. The summed E-state index contributed by atoms with van der Waals surface area (Å²) in [6.45, 7) is 2.33. The fourth-order valence-corrected chi connectivity index (χ4v) is 1.48. The van der Waals surface area contributed by atoms with E-state index in [4.69, 9.17) is 0 Å². The van der Waals surface area contributed by atoms with E-state index in [0.717, 1.165) is 4.47 Å². The van der Waals surface area contributed by atoms with Crippen molar-refractivity contribution >= 4 is 27.7 Å². The molecule has 1 aromatic heterocycles. The molecule has 0 aliphatic rings. The molecule has 0 unspecified atom stereocenters. The van der Waals surface area contributed by atoms with Crippen molar-refractivity contribution in [3.8, 4) is 0 Å². The zero-order chi connectivity index (χ0) is 12.8. The van der Waals surface area contributed by atoms with E-state index in [1.165, 1.54) is 4.90 Å². The normalized spacial score (nSPS) is 9.82. The van der Waals surface area contributed by atoms with Gasteiger partial charge in [-0.1, -0.05) is 0 Å². The van der Waals surface area contributed by atoms with Gasteiger partial charge in [-0.3, -0.25) is 9.59 Å². The molecule has 6 heteroatoms. The number of carbonyl (C=O) groups is 2. The Labute approximate surface area is 108 Å². The van der Waals surface area contributed by atoms with Crippen LogP contribution in [0.2, 0.25) is 0 Å². The van der Waals surface area contributed by atoms with Crippen molar-refractivity contribution in [2.75, 3.05) is 20.1 Å². The van der Waals surface area contributed by atoms with Crippen molar-refractivity contribution in [3.05, 3.63) is 28.5 Å². The fraction of sp³-hybridized carbons (Fsp3) is 0.364. The van der Waals surface area contributed by atoms with Gasteiger partial charge in [-0.2, -0.15) is 0 Å². The molecule has 0 bridgehead atoms. The summed E-state index contributed by atoms with van der Waals surface area (Å²) in [5.41, 5.74) is 0.332. The number of amides is 2. The van der Waals surface area contributed by atoms with Gasteiger partial charge in [-0.05, 0) is 35.0 Å². The number of hydrogen-bond acceptors (Lipinski definition) is 3. The fourth-order valence-electron chi connectivity index (χ4n) is 1.24. The summed E-state index contributed by atoms with van der Waals surface area (Å²) in [5.74, 6) is -0.444. The van der Waals surface area contributed by atoms with Crippen LogP contribution < -0.4 is 5.32 Å². The van der Waals surface area contributed by atoms with Crippen molar-refractivity contribution in [2.45, 2.75) is 6.92 Å². The molecule has 1 heterocycles. The van der Waals surface area contributed by atoms with E-state index in [1.54, 1.807) is 25.4 Å². The molecular weight excluding hydrogens is 286 g/mol. The highest BCUT2D eigenvalue weighted by Gasteiger charge is 2.17. The Bertz CT molecular complexity index is 406. The maximum Gasteiger partial charge on any atom is 0.272 e. The molecule has 17 heavy (non-hydrogen) atoms. The molecule has 1 N–H and O–H groups in total. The highest BCUT2D eigenvalue weighted by atomic mass is 79.9. The zero-order valence-corrected chi connectivity index (χ0v) is 11.3. The van der Waals surface area contributed by atoms with Gasteiger partial charge in [-0.25, -0.2) is 4.98 Å². The number of halogens is 1. The Kier molecular flexibility index (Phi) is 5.09. The molecule has 2 amide bonds. The first-order valence-electron chi connectivity index (χ1n) is 5.20. The Morgan fingerprint density at radius 1 is 1.47 bits per heavy atom. The Hall–Kier alpha value is -1.43. The second kappa shape index (κ2) is 6.34. The van der Waals surface area contributed by atoms with Gasteiger partial charge in [0.15, 0.2) is 0 Å². The lowest BCUT2D eigenvalue weighted by Gasteiger charge is -2.19. The number of likely N-dealkylation sites (N-methyl/N-ethyl adjacent to an activating group) is 2. The minimum absolute atomic E-state index is 0.0452. The molecule has 0 aliphatic heterocycles. The third-order valence-electron chi connectivity index (χ3n) is 2.23. The van der Waals surface area contributed by atoms with E-state index >= 15 is 0 Å². The lowest BCUT2D eigenvalue weighted by Crippen LogP contribution is -2.39. The van der Waals surface area contributed by atoms with Gasteiger partial charge in [0, 0.05) is 24.3 Å². The van der Waals surface area contributed by atoms with E-state index in [-0.39, 0.29) is 18.4 Å². The lowest BCUT2D eigenvalue weighted by atomic mass is 10.3. The molecule has 0 saturated heterocycles. The van der Waals surface area contributed by atoms with Crippen molar-refractivity contribution in [1.29, 1.82) is 0 Å². The smallest absolute Gasteiger partial charge is 0.272 e. The van der Waals surface area contributed by atoms with E-state index in [1.807, 2.05) is 6.92 Å². The molecule has 0 radical (unpaired) electrons. The molecule has 92 valence electrons. The third kappa shape index (κ3) is 3.81. The quantitative estimate of drug-likeness (QED) is 0.904. The van der Waals surface area contributed by atoms with Gasteiger partial charge >= 0.3 is 0 Å². The second-order valence-electron chi connectivity index (χ2n) is 3.35. The minimum Gasteiger partial charge on any atom is -0.358 e. The predicted molar refractivity (Wildman–Crippen MR) is 67.6 cm³/mol. The van der Waals surface area contributed by atoms with Crippen LogP contribution in [0.15, 0.2) is 22.8 Å². The zero-order valence-electron chi connectivity index (χ0n) is 9.74. The van der Waals surface area contributed by atoms with Crippen LogP contribution in [0.25, 0.3) is 0 Å². The van der Waals surface area contributed by atoms with Crippen LogP contribution in [-0.4, -0.2) is 41.8 Å². The maximum absolute atomic E-state index is 12.0. The molecule has 0 aliphatic carbocycles. The summed E-state index contributed by atoms with van der Waals surface area (Å²) in [5, 5.41) is 2.48. The SMILES string of the molecule is CCN(CC(=O)NC)C(=O)c1ccc(Br)cn1. The van der Waals surface area contributed by atoms with E-state index in [0.29, 0.717) is 12.2 Å². The summed E-state index contributed by atoms with van der Waals surface area (Å²) in [6, 6.07) is 3.37. The Morgan fingerprint density at radius 3 is 2.65 bits per heavy atom. The number of nitrogens with zero attached hydrogens (tertiary/aromatic N) is 2. The van der Waals surface area contributed by atoms with Crippen LogP contribution in [0.1, 0.15) is 17.4 Å². The van der Waals surface area contributed by atoms with Crippen LogP contribution in [0.5, 0.6) is 0 Å². The van der Waals surface area contributed by atoms with Crippen LogP contribution in [-0.2, 0) is 4.79 Å². The molecular formula is C11H14BrN3O2.